The largest absolute Gasteiger partial charge is 0.493 e. The summed E-state index contributed by atoms with van der Waals surface area (Å²) in [5, 5.41) is 23.6. The molecule has 4 rings (SSSR count). The topological polar surface area (TPSA) is 135 Å². The van der Waals surface area contributed by atoms with Crippen LogP contribution in [0.3, 0.4) is 0 Å². The highest BCUT2D eigenvalue weighted by molar-refractivity contribution is 5.96. The number of aldehydes is 1. The number of carbonyl (C=O) groups is 3. The van der Waals surface area contributed by atoms with E-state index in [4.69, 9.17) is 14.2 Å². The van der Waals surface area contributed by atoms with Gasteiger partial charge in [-0.15, -0.1) is 0 Å². The molecule has 1 saturated heterocycles. The zero-order valence-corrected chi connectivity index (χ0v) is 21.5. The molecule has 10 nitrogen and oxygen atoms in total. The lowest BCUT2D eigenvalue weighted by molar-refractivity contribution is -0.140. The van der Waals surface area contributed by atoms with E-state index in [1.807, 2.05) is 13.8 Å². The fraction of sp³-hybridized carbons (Fsp3) is 0.593. The second-order valence-corrected chi connectivity index (χ2v) is 10.2. The minimum Gasteiger partial charge on any atom is -0.493 e. The first-order valence-electron chi connectivity index (χ1n) is 12.8. The fourth-order valence-corrected chi connectivity index (χ4v) is 5.42. The van der Waals surface area contributed by atoms with E-state index in [1.54, 1.807) is 17.0 Å². The molecule has 0 radical (unpaired) electrons. The summed E-state index contributed by atoms with van der Waals surface area (Å²) >= 11 is 0. The minimum absolute atomic E-state index is 0.0398. The van der Waals surface area contributed by atoms with Crippen LogP contribution in [0.4, 0.5) is 0 Å². The molecule has 1 aromatic rings. The average molecular weight is 517 g/mol. The summed E-state index contributed by atoms with van der Waals surface area (Å²) in [6.07, 6.45) is 2.09. The van der Waals surface area contributed by atoms with E-state index in [0.29, 0.717) is 41.1 Å². The van der Waals surface area contributed by atoms with Crippen LogP contribution in [-0.2, 0) is 14.3 Å². The van der Waals surface area contributed by atoms with Gasteiger partial charge in [0.2, 0.25) is 11.8 Å². The Kier molecular flexibility index (Phi) is 8.51. The van der Waals surface area contributed by atoms with Crippen molar-refractivity contribution >= 4 is 18.1 Å². The molecular formula is C27H36N2O8. The molecule has 10 heteroatoms. The molecule has 2 aliphatic heterocycles. The average Bonchev–Trinajstić information content (AvgIpc) is 3.53. The second kappa shape index (κ2) is 11.6. The van der Waals surface area contributed by atoms with Crippen LogP contribution in [0, 0.1) is 5.92 Å². The Morgan fingerprint density at radius 2 is 2.11 bits per heavy atom. The van der Waals surface area contributed by atoms with Crippen molar-refractivity contribution in [2.24, 2.45) is 5.92 Å². The maximum absolute atomic E-state index is 13.4. The van der Waals surface area contributed by atoms with Crippen molar-refractivity contribution in [2.45, 2.75) is 63.4 Å². The Bertz CT molecular complexity index is 1050. The third kappa shape index (κ3) is 5.51. The molecule has 2 heterocycles. The molecule has 37 heavy (non-hydrogen) atoms. The van der Waals surface area contributed by atoms with Gasteiger partial charge in [0.1, 0.15) is 18.5 Å². The first-order valence-corrected chi connectivity index (χ1v) is 12.8. The number of rotatable bonds is 10. The summed E-state index contributed by atoms with van der Waals surface area (Å²) in [5.41, 5.74) is 1.19. The molecule has 0 aromatic heterocycles. The summed E-state index contributed by atoms with van der Waals surface area (Å²) in [7, 11) is 1.45. The number of nitrogens with one attached hydrogen (secondary N) is 1. The van der Waals surface area contributed by atoms with Gasteiger partial charge in [0.15, 0.2) is 11.5 Å². The Morgan fingerprint density at radius 3 is 2.73 bits per heavy atom. The van der Waals surface area contributed by atoms with Crippen LogP contribution in [0.15, 0.2) is 23.8 Å². The number of benzene rings is 1. The van der Waals surface area contributed by atoms with E-state index in [1.165, 1.54) is 13.2 Å². The maximum atomic E-state index is 13.4. The third-order valence-electron chi connectivity index (χ3n) is 7.10. The zero-order chi connectivity index (χ0) is 26.7. The third-order valence-corrected chi connectivity index (χ3v) is 7.10. The highest BCUT2D eigenvalue weighted by Crippen LogP contribution is 2.51. The van der Waals surface area contributed by atoms with Crippen molar-refractivity contribution in [2.75, 3.05) is 33.4 Å². The molecule has 0 bridgehead atoms. The first kappa shape index (κ1) is 27.1. The van der Waals surface area contributed by atoms with Gasteiger partial charge in [0, 0.05) is 42.8 Å². The van der Waals surface area contributed by atoms with Gasteiger partial charge < -0.3 is 34.6 Å². The van der Waals surface area contributed by atoms with Crippen LogP contribution in [0.5, 0.6) is 11.5 Å². The number of hydrogen-bond donors (Lipinski definition) is 3. The zero-order valence-electron chi connectivity index (χ0n) is 21.5. The number of carbonyl (C=O) groups excluding carboxylic acids is 3. The monoisotopic (exact) mass is 516 g/mol. The standard InChI is InChI=1S/C27H36N2O8/c1-15(2)9-22(32)29(13-17-5-4-8-36-17)20-12-19(27(34)28-6-7-30)23-18-10-16(14-31)11-21(35-3)25(18)37-26(23)24(20)33/h10-12,14-15,17,20,23-24,26,30,33H,4-9,13H2,1-3H3,(H,28,34)/t17-,20+,23-,24-,26-/m0/s1. The van der Waals surface area contributed by atoms with Gasteiger partial charge in [-0.3, -0.25) is 14.4 Å². The number of ether oxygens (including phenoxy) is 3. The Morgan fingerprint density at radius 1 is 1.32 bits per heavy atom. The summed E-state index contributed by atoms with van der Waals surface area (Å²) in [5.74, 6) is -0.513. The van der Waals surface area contributed by atoms with Crippen molar-refractivity contribution in [1.29, 1.82) is 0 Å². The number of nitrogens with zero attached hydrogens (tertiary/aromatic N) is 1. The number of fused-ring (bicyclic) bond motifs is 3. The van der Waals surface area contributed by atoms with Crippen LogP contribution in [0.1, 0.15) is 54.9 Å². The number of methoxy groups -OCH3 is 1. The molecule has 1 fully saturated rings. The Hall–Kier alpha value is -2.95. The molecule has 0 spiro atoms. The normalized spacial score (nSPS) is 26.1. The molecule has 3 N–H and O–H groups in total. The smallest absolute Gasteiger partial charge is 0.247 e. The minimum atomic E-state index is -1.16. The molecule has 1 aromatic carbocycles. The summed E-state index contributed by atoms with van der Waals surface area (Å²) < 4.78 is 17.5. The summed E-state index contributed by atoms with van der Waals surface area (Å²) in [6, 6.07) is 2.33. The van der Waals surface area contributed by atoms with Gasteiger partial charge in [0.25, 0.3) is 0 Å². The van der Waals surface area contributed by atoms with Crippen LogP contribution in [0.25, 0.3) is 0 Å². The lowest BCUT2D eigenvalue weighted by atomic mass is 9.77. The Labute approximate surface area is 216 Å². The first-order chi connectivity index (χ1) is 17.8. The summed E-state index contributed by atoms with van der Waals surface area (Å²) in [6.45, 7) is 4.61. The van der Waals surface area contributed by atoms with E-state index in [9.17, 15) is 24.6 Å². The Balaban J connectivity index is 1.78. The van der Waals surface area contributed by atoms with Gasteiger partial charge in [-0.05, 0) is 37.0 Å². The molecule has 202 valence electrons. The number of aliphatic hydroxyl groups excluding tert-OH is 2. The van der Waals surface area contributed by atoms with Crippen molar-refractivity contribution in [3.63, 3.8) is 0 Å². The molecular weight excluding hydrogens is 480 g/mol. The number of hydrogen-bond acceptors (Lipinski definition) is 8. The van der Waals surface area contributed by atoms with Gasteiger partial charge in [0.05, 0.1) is 31.8 Å². The van der Waals surface area contributed by atoms with E-state index < -0.39 is 30.1 Å². The van der Waals surface area contributed by atoms with Crippen LogP contribution < -0.4 is 14.8 Å². The van der Waals surface area contributed by atoms with E-state index in [0.717, 1.165) is 12.8 Å². The fourth-order valence-electron chi connectivity index (χ4n) is 5.42. The number of amides is 2. The highest BCUT2D eigenvalue weighted by atomic mass is 16.5. The lowest BCUT2D eigenvalue weighted by Gasteiger charge is -2.41. The molecule has 0 saturated carbocycles. The maximum Gasteiger partial charge on any atom is 0.247 e. The molecule has 0 unspecified atom stereocenters. The van der Waals surface area contributed by atoms with Crippen molar-refractivity contribution in [3.05, 3.63) is 34.9 Å². The van der Waals surface area contributed by atoms with Crippen LogP contribution >= 0.6 is 0 Å². The number of aliphatic hydroxyl groups is 2. The van der Waals surface area contributed by atoms with Gasteiger partial charge >= 0.3 is 0 Å². The molecule has 3 aliphatic rings. The van der Waals surface area contributed by atoms with Crippen LogP contribution in [-0.4, -0.2) is 91.0 Å². The van der Waals surface area contributed by atoms with Gasteiger partial charge in [-0.2, -0.15) is 0 Å². The van der Waals surface area contributed by atoms with E-state index >= 15 is 0 Å². The van der Waals surface area contributed by atoms with E-state index in [2.05, 4.69) is 5.32 Å². The molecule has 1 aliphatic carbocycles. The van der Waals surface area contributed by atoms with E-state index in [-0.39, 0.29) is 44.0 Å². The summed E-state index contributed by atoms with van der Waals surface area (Å²) in [4.78, 5) is 40.0. The van der Waals surface area contributed by atoms with Crippen LogP contribution in [0.2, 0.25) is 0 Å². The van der Waals surface area contributed by atoms with Crippen molar-refractivity contribution in [1.82, 2.24) is 10.2 Å². The van der Waals surface area contributed by atoms with Crippen molar-refractivity contribution < 1.29 is 38.8 Å². The predicted octanol–water partition coefficient (Wildman–Crippen LogP) is 1.18. The second-order valence-electron chi connectivity index (χ2n) is 10.2. The van der Waals surface area contributed by atoms with Gasteiger partial charge in [-0.25, -0.2) is 0 Å². The predicted molar refractivity (Wildman–Crippen MR) is 134 cm³/mol. The molecule has 2 amide bonds. The highest BCUT2D eigenvalue weighted by Gasteiger charge is 2.51. The molecule has 5 atom stereocenters. The lowest BCUT2D eigenvalue weighted by Crippen LogP contribution is -2.57. The quantitative estimate of drug-likeness (QED) is 0.395. The SMILES string of the molecule is COc1cc(C=O)cc2c1O[C@@H]1[C@@H](O)[C@H](N(C[C@@H]3CCCO3)C(=O)CC(C)C)C=C(C(=O)NCCO)[C@H]21. The van der Waals surface area contributed by atoms with Crippen molar-refractivity contribution in [3.8, 4) is 11.5 Å². The van der Waals surface area contributed by atoms with Gasteiger partial charge in [-0.1, -0.05) is 13.8 Å².